The molecular weight excluding hydrogens is 200 g/mol. The van der Waals surface area contributed by atoms with Gasteiger partial charge in [0.1, 0.15) is 5.25 Å². The molecule has 2 atom stereocenters. The number of carboxylic acids is 1. The van der Waals surface area contributed by atoms with Crippen molar-refractivity contribution in [3.8, 4) is 0 Å². The molecule has 1 rings (SSSR count). The summed E-state index contributed by atoms with van der Waals surface area (Å²) >= 11 is 1.30. The molecule has 1 aliphatic heterocycles. The number of hydrogen-bond acceptors (Lipinski definition) is 3. The van der Waals surface area contributed by atoms with Crippen LogP contribution in [-0.2, 0) is 9.59 Å². The largest absolute Gasteiger partial charge is 0.480 e. The summed E-state index contributed by atoms with van der Waals surface area (Å²) in [5.41, 5.74) is -0.356. The molecule has 1 fully saturated rings. The second kappa shape index (κ2) is 3.93. The Morgan fingerprint density at radius 3 is 2.07 bits per heavy atom. The standard InChI is InChI=1S/C10H16O3S/c1-10(2,3)8(11)6-4-5-7(14-6)9(12)13/h6-7H,4-5H2,1-3H3,(H,12,13). The van der Waals surface area contributed by atoms with E-state index in [-0.39, 0.29) is 21.7 Å². The highest BCUT2D eigenvalue weighted by molar-refractivity contribution is 8.02. The van der Waals surface area contributed by atoms with Gasteiger partial charge >= 0.3 is 5.97 Å². The molecule has 0 bridgehead atoms. The molecular formula is C10H16O3S. The van der Waals surface area contributed by atoms with E-state index in [2.05, 4.69) is 0 Å². The average Bonchev–Trinajstić information content (AvgIpc) is 2.48. The molecule has 2 unspecified atom stereocenters. The molecule has 0 aromatic heterocycles. The smallest absolute Gasteiger partial charge is 0.316 e. The van der Waals surface area contributed by atoms with E-state index in [0.29, 0.717) is 12.8 Å². The molecule has 0 spiro atoms. The van der Waals surface area contributed by atoms with Gasteiger partial charge in [-0.1, -0.05) is 20.8 Å². The number of rotatable bonds is 2. The van der Waals surface area contributed by atoms with Crippen LogP contribution in [0.5, 0.6) is 0 Å². The third kappa shape index (κ3) is 2.50. The molecule has 3 nitrogen and oxygen atoms in total. The number of ketones is 1. The zero-order valence-corrected chi connectivity index (χ0v) is 9.56. The van der Waals surface area contributed by atoms with Gasteiger partial charge in [-0.3, -0.25) is 9.59 Å². The van der Waals surface area contributed by atoms with Gasteiger partial charge in [0.2, 0.25) is 0 Å². The molecule has 0 aromatic carbocycles. The summed E-state index contributed by atoms with van der Waals surface area (Å²) in [6, 6.07) is 0. The van der Waals surface area contributed by atoms with Crippen LogP contribution in [0.1, 0.15) is 33.6 Å². The van der Waals surface area contributed by atoms with Gasteiger partial charge in [-0.2, -0.15) is 0 Å². The lowest BCUT2D eigenvalue weighted by atomic mass is 9.87. The number of carbonyl (C=O) groups is 2. The molecule has 0 amide bonds. The normalized spacial score (nSPS) is 27.6. The molecule has 80 valence electrons. The lowest BCUT2D eigenvalue weighted by Crippen LogP contribution is -2.29. The minimum absolute atomic E-state index is 0.115. The van der Waals surface area contributed by atoms with Crippen LogP contribution in [0.15, 0.2) is 0 Å². The maximum absolute atomic E-state index is 11.8. The van der Waals surface area contributed by atoms with Crippen molar-refractivity contribution in [1.29, 1.82) is 0 Å². The Bertz CT molecular complexity index is 255. The number of aliphatic carboxylic acids is 1. The average molecular weight is 216 g/mol. The predicted octanol–water partition coefficient (Wildman–Crippen LogP) is 1.95. The fourth-order valence-electron chi connectivity index (χ4n) is 1.49. The first kappa shape index (κ1) is 11.6. The predicted molar refractivity (Wildman–Crippen MR) is 56.5 cm³/mol. The Morgan fingerprint density at radius 2 is 1.71 bits per heavy atom. The maximum Gasteiger partial charge on any atom is 0.316 e. The van der Waals surface area contributed by atoms with Gasteiger partial charge in [0, 0.05) is 5.41 Å². The number of thioether (sulfide) groups is 1. The van der Waals surface area contributed by atoms with E-state index in [9.17, 15) is 9.59 Å². The van der Waals surface area contributed by atoms with Crippen molar-refractivity contribution in [2.24, 2.45) is 5.41 Å². The van der Waals surface area contributed by atoms with E-state index < -0.39 is 5.97 Å². The van der Waals surface area contributed by atoms with Crippen LogP contribution in [0, 0.1) is 5.41 Å². The third-order valence-electron chi connectivity index (χ3n) is 2.33. The van der Waals surface area contributed by atoms with Crippen LogP contribution in [0.3, 0.4) is 0 Å². The van der Waals surface area contributed by atoms with E-state index in [0.717, 1.165) is 0 Å². The van der Waals surface area contributed by atoms with Crippen LogP contribution in [0.25, 0.3) is 0 Å². The first-order valence-electron chi connectivity index (χ1n) is 4.75. The highest BCUT2D eigenvalue weighted by atomic mass is 32.2. The molecule has 1 saturated heterocycles. The molecule has 1 heterocycles. The third-order valence-corrected chi connectivity index (χ3v) is 3.87. The summed E-state index contributed by atoms with van der Waals surface area (Å²) in [5, 5.41) is 8.29. The van der Waals surface area contributed by atoms with Gasteiger partial charge in [0.05, 0.1) is 5.25 Å². The van der Waals surface area contributed by atoms with Crippen molar-refractivity contribution >= 4 is 23.5 Å². The van der Waals surface area contributed by atoms with E-state index in [4.69, 9.17) is 5.11 Å². The minimum Gasteiger partial charge on any atom is -0.480 e. The maximum atomic E-state index is 11.8. The molecule has 4 heteroatoms. The number of carbonyl (C=O) groups excluding carboxylic acids is 1. The summed E-state index contributed by atoms with van der Waals surface area (Å²) < 4.78 is 0. The van der Waals surface area contributed by atoms with Crippen LogP contribution in [-0.4, -0.2) is 27.4 Å². The SMILES string of the molecule is CC(C)(C)C(=O)C1CCC(C(=O)O)S1. The second-order valence-electron chi connectivity index (χ2n) is 4.64. The van der Waals surface area contributed by atoms with Crippen LogP contribution in [0.4, 0.5) is 0 Å². The van der Waals surface area contributed by atoms with Gasteiger partial charge in [-0.05, 0) is 12.8 Å². The molecule has 1 N–H and O–H groups in total. The number of carboxylic acid groups (broad SMARTS) is 1. The highest BCUT2D eigenvalue weighted by Gasteiger charge is 2.38. The van der Waals surface area contributed by atoms with Gasteiger partial charge < -0.3 is 5.11 Å². The zero-order valence-electron chi connectivity index (χ0n) is 8.74. The summed E-state index contributed by atoms with van der Waals surface area (Å²) in [6.45, 7) is 5.64. The monoisotopic (exact) mass is 216 g/mol. The van der Waals surface area contributed by atoms with E-state index in [1.165, 1.54) is 11.8 Å². The quantitative estimate of drug-likeness (QED) is 0.766. The lowest BCUT2D eigenvalue weighted by molar-refractivity contribution is -0.136. The molecule has 14 heavy (non-hydrogen) atoms. The van der Waals surface area contributed by atoms with Crippen LogP contribution in [0.2, 0.25) is 0 Å². The highest BCUT2D eigenvalue weighted by Crippen LogP contribution is 2.37. The summed E-state index contributed by atoms with van der Waals surface area (Å²) in [6.07, 6.45) is 1.32. The molecule has 0 aliphatic carbocycles. The van der Waals surface area contributed by atoms with E-state index >= 15 is 0 Å². The van der Waals surface area contributed by atoms with E-state index in [1.807, 2.05) is 20.8 Å². The van der Waals surface area contributed by atoms with Crippen molar-refractivity contribution < 1.29 is 14.7 Å². The summed E-state index contributed by atoms with van der Waals surface area (Å²) in [5.74, 6) is -0.620. The lowest BCUT2D eigenvalue weighted by Gasteiger charge is -2.20. The van der Waals surface area contributed by atoms with Crippen molar-refractivity contribution in [2.45, 2.75) is 44.1 Å². The van der Waals surface area contributed by atoms with Crippen molar-refractivity contribution in [3.63, 3.8) is 0 Å². The molecule has 1 aliphatic rings. The fraction of sp³-hybridized carbons (Fsp3) is 0.800. The topological polar surface area (TPSA) is 54.4 Å². The Morgan fingerprint density at radius 1 is 1.21 bits per heavy atom. The fourth-order valence-corrected chi connectivity index (χ4v) is 3.03. The minimum atomic E-state index is -0.792. The van der Waals surface area contributed by atoms with Crippen molar-refractivity contribution in [2.75, 3.05) is 0 Å². The molecule has 0 radical (unpaired) electrons. The first-order chi connectivity index (χ1) is 6.32. The zero-order chi connectivity index (χ0) is 10.9. The summed E-state index contributed by atoms with van der Waals surface area (Å²) in [4.78, 5) is 22.5. The Labute approximate surface area is 88.3 Å². The first-order valence-corrected chi connectivity index (χ1v) is 5.69. The molecule has 0 aromatic rings. The van der Waals surface area contributed by atoms with Crippen LogP contribution >= 0.6 is 11.8 Å². The number of Topliss-reactive ketones (excluding diaryl/α,β-unsaturated/α-hetero) is 1. The summed E-state index contributed by atoms with van der Waals surface area (Å²) in [7, 11) is 0. The second-order valence-corrected chi connectivity index (χ2v) is 6.05. The van der Waals surface area contributed by atoms with Crippen molar-refractivity contribution in [1.82, 2.24) is 0 Å². The number of hydrogen-bond donors (Lipinski definition) is 1. The van der Waals surface area contributed by atoms with Gasteiger partial charge in [-0.25, -0.2) is 0 Å². The Hall–Kier alpha value is -0.510. The van der Waals surface area contributed by atoms with Gasteiger partial charge in [0.25, 0.3) is 0 Å². The van der Waals surface area contributed by atoms with Crippen molar-refractivity contribution in [3.05, 3.63) is 0 Å². The molecule has 0 saturated carbocycles. The Balaban J connectivity index is 2.59. The van der Waals surface area contributed by atoms with E-state index in [1.54, 1.807) is 0 Å². The van der Waals surface area contributed by atoms with Gasteiger partial charge in [-0.15, -0.1) is 11.8 Å². The van der Waals surface area contributed by atoms with Crippen LogP contribution < -0.4 is 0 Å². The van der Waals surface area contributed by atoms with Gasteiger partial charge in [0.15, 0.2) is 5.78 Å². The Kier molecular flexibility index (Phi) is 3.24.